The maximum absolute atomic E-state index is 12.0. The van der Waals surface area contributed by atoms with Gasteiger partial charge in [-0.05, 0) is 24.3 Å². The molecule has 2 aliphatic rings. The van der Waals surface area contributed by atoms with Crippen LogP contribution < -0.4 is 5.32 Å². The number of hydrogen-bond acceptors (Lipinski definition) is 2. The Balaban J connectivity index is 1.90. The van der Waals surface area contributed by atoms with Gasteiger partial charge in [0.1, 0.15) is 6.04 Å². The molecule has 2 amide bonds. The standard InChI is InChI=1S/C14H16N2O2/c17-12-8-15-14(18)13(11-4-2-1-3-5-11)16(12)9-10-6-7-10/h1-5,10,13H,6-9H2,(H,15,18). The van der Waals surface area contributed by atoms with Gasteiger partial charge in [0.05, 0.1) is 6.54 Å². The number of amides is 2. The SMILES string of the molecule is O=C1NCC(=O)N(CC2CC2)C1c1ccccc1. The first-order valence-electron chi connectivity index (χ1n) is 6.38. The van der Waals surface area contributed by atoms with Crippen molar-refractivity contribution in [3.63, 3.8) is 0 Å². The number of nitrogens with zero attached hydrogens (tertiary/aromatic N) is 1. The van der Waals surface area contributed by atoms with Crippen molar-refractivity contribution >= 4 is 11.8 Å². The van der Waals surface area contributed by atoms with Gasteiger partial charge in [-0.3, -0.25) is 9.59 Å². The maximum atomic E-state index is 12.0. The van der Waals surface area contributed by atoms with Crippen molar-refractivity contribution in [2.75, 3.05) is 13.1 Å². The molecule has 1 aliphatic heterocycles. The van der Waals surface area contributed by atoms with E-state index in [1.54, 1.807) is 4.90 Å². The van der Waals surface area contributed by atoms with Crippen LogP contribution in [0, 0.1) is 5.92 Å². The number of hydrogen-bond donors (Lipinski definition) is 1. The second kappa shape index (κ2) is 4.44. The number of nitrogens with one attached hydrogen (secondary N) is 1. The van der Waals surface area contributed by atoms with Crippen LogP contribution in [-0.2, 0) is 9.59 Å². The molecular formula is C14H16N2O2. The van der Waals surface area contributed by atoms with E-state index < -0.39 is 6.04 Å². The molecule has 1 heterocycles. The van der Waals surface area contributed by atoms with Crippen LogP contribution in [0.1, 0.15) is 24.4 Å². The van der Waals surface area contributed by atoms with Crippen LogP contribution in [0.25, 0.3) is 0 Å². The second-order valence-electron chi connectivity index (χ2n) is 5.02. The van der Waals surface area contributed by atoms with Gasteiger partial charge in [-0.15, -0.1) is 0 Å². The first-order chi connectivity index (χ1) is 8.75. The van der Waals surface area contributed by atoms with E-state index in [9.17, 15) is 9.59 Å². The van der Waals surface area contributed by atoms with E-state index in [4.69, 9.17) is 0 Å². The molecule has 1 atom stereocenters. The van der Waals surface area contributed by atoms with Gasteiger partial charge in [-0.25, -0.2) is 0 Å². The highest BCUT2D eigenvalue weighted by Crippen LogP contribution is 2.33. The van der Waals surface area contributed by atoms with E-state index in [0.29, 0.717) is 12.5 Å². The maximum Gasteiger partial charge on any atom is 0.247 e. The Morgan fingerprint density at radius 2 is 1.89 bits per heavy atom. The first-order valence-corrected chi connectivity index (χ1v) is 6.38. The smallest absolute Gasteiger partial charge is 0.247 e. The molecule has 0 bridgehead atoms. The van der Waals surface area contributed by atoms with Crippen LogP contribution in [0.2, 0.25) is 0 Å². The van der Waals surface area contributed by atoms with Gasteiger partial charge in [0, 0.05) is 6.54 Å². The van der Waals surface area contributed by atoms with Gasteiger partial charge < -0.3 is 10.2 Å². The van der Waals surface area contributed by atoms with E-state index in [1.807, 2.05) is 30.3 Å². The first kappa shape index (κ1) is 11.3. The van der Waals surface area contributed by atoms with Crippen LogP contribution in [-0.4, -0.2) is 29.8 Å². The van der Waals surface area contributed by atoms with Gasteiger partial charge >= 0.3 is 0 Å². The third kappa shape index (κ3) is 2.10. The minimum atomic E-state index is -0.451. The lowest BCUT2D eigenvalue weighted by atomic mass is 10.0. The highest BCUT2D eigenvalue weighted by molar-refractivity contribution is 5.95. The van der Waals surface area contributed by atoms with E-state index >= 15 is 0 Å². The summed E-state index contributed by atoms with van der Waals surface area (Å²) in [4.78, 5) is 25.8. The van der Waals surface area contributed by atoms with Gasteiger partial charge in [-0.2, -0.15) is 0 Å². The van der Waals surface area contributed by atoms with Crippen molar-refractivity contribution in [2.24, 2.45) is 5.92 Å². The lowest BCUT2D eigenvalue weighted by molar-refractivity contribution is -0.146. The zero-order valence-electron chi connectivity index (χ0n) is 10.1. The summed E-state index contributed by atoms with van der Waals surface area (Å²) in [7, 11) is 0. The lowest BCUT2D eigenvalue weighted by Crippen LogP contribution is -2.54. The Bertz CT molecular complexity index is 468. The van der Waals surface area contributed by atoms with E-state index in [1.165, 1.54) is 12.8 Å². The lowest BCUT2D eigenvalue weighted by Gasteiger charge is -2.35. The molecular weight excluding hydrogens is 228 g/mol. The molecule has 1 N–H and O–H groups in total. The zero-order valence-corrected chi connectivity index (χ0v) is 10.1. The number of rotatable bonds is 3. The number of carbonyl (C=O) groups is 2. The monoisotopic (exact) mass is 244 g/mol. The summed E-state index contributed by atoms with van der Waals surface area (Å²) in [6.45, 7) is 0.848. The van der Waals surface area contributed by atoms with Crippen molar-refractivity contribution in [3.8, 4) is 0 Å². The molecule has 4 nitrogen and oxygen atoms in total. The summed E-state index contributed by atoms with van der Waals surface area (Å²) >= 11 is 0. The molecule has 2 fully saturated rings. The zero-order chi connectivity index (χ0) is 12.5. The number of benzene rings is 1. The average Bonchev–Trinajstić information content (AvgIpc) is 3.19. The minimum absolute atomic E-state index is 0.0235. The van der Waals surface area contributed by atoms with Crippen molar-refractivity contribution in [1.82, 2.24) is 10.2 Å². The van der Waals surface area contributed by atoms with Gasteiger partial charge in [-0.1, -0.05) is 30.3 Å². The molecule has 1 aromatic carbocycles. The predicted octanol–water partition coefficient (Wildman–Crippen LogP) is 1.10. The fraction of sp³-hybridized carbons (Fsp3) is 0.429. The second-order valence-corrected chi connectivity index (χ2v) is 5.02. The molecule has 0 radical (unpaired) electrons. The van der Waals surface area contributed by atoms with Crippen molar-refractivity contribution < 1.29 is 9.59 Å². The third-order valence-electron chi connectivity index (χ3n) is 3.56. The molecule has 1 unspecified atom stereocenters. The molecule has 94 valence electrons. The van der Waals surface area contributed by atoms with Crippen molar-refractivity contribution in [1.29, 1.82) is 0 Å². The summed E-state index contributed by atoms with van der Waals surface area (Å²) in [6.07, 6.45) is 2.35. The topological polar surface area (TPSA) is 49.4 Å². The summed E-state index contributed by atoms with van der Waals surface area (Å²) in [6, 6.07) is 9.07. The summed E-state index contributed by atoms with van der Waals surface area (Å²) in [5.41, 5.74) is 0.892. The molecule has 1 aromatic rings. The van der Waals surface area contributed by atoms with Gasteiger partial charge in [0.15, 0.2) is 0 Å². The Kier molecular flexibility index (Phi) is 2.78. The van der Waals surface area contributed by atoms with Gasteiger partial charge in [0.25, 0.3) is 0 Å². The van der Waals surface area contributed by atoms with E-state index in [-0.39, 0.29) is 18.4 Å². The Hall–Kier alpha value is -1.84. The summed E-state index contributed by atoms with van der Waals surface area (Å²) in [5, 5.41) is 2.67. The molecule has 18 heavy (non-hydrogen) atoms. The van der Waals surface area contributed by atoms with Crippen LogP contribution in [0.15, 0.2) is 30.3 Å². The third-order valence-corrected chi connectivity index (χ3v) is 3.56. The normalized spacial score (nSPS) is 24.0. The molecule has 1 saturated carbocycles. The largest absolute Gasteiger partial charge is 0.345 e. The highest BCUT2D eigenvalue weighted by atomic mass is 16.2. The molecule has 4 heteroatoms. The van der Waals surface area contributed by atoms with Crippen LogP contribution in [0.5, 0.6) is 0 Å². The molecule has 3 rings (SSSR count). The summed E-state index contributed by atoms with van der Waals surface area (Å²) in [5.74, 6) is 0.544. The molecule has 1 aliphatic carbocycles. The Labute approximate surface area is 106 Å². The molecule has 0 spiro atoms. The van der Waals surface area contributed by atoms with E-state index in [2.05, 4.69) is 5.32 Å². The van der Waals surface area contributed by atoms with Crippen LogP contribution in [0.3, 0.4) is 0 Å². The van der Waals surface area contributed by atoms with Crippen LogP contribution in [0.4, 0.5) is 0 Å². The van der Waals surface area contributed by atoms with Crippen molar-refractivity contribution in [2.45, 2.75) is 18.9 Å². The van der Waals surface area contributed by atoms with Crippen LogP contribution >= 0.6 is 0 Å². The number of piperazine rings is 1. The Morgan fingerprint density at radius 3 is 2.56 bits per heavy atom. The number of carbonyl (C=O) groups excluding carboxylic acids is 2. The van der Waals surface area contributed by atoms with E-state index in [0.717, 1.165) is 5.56 Å². The highest BCUT2D eigenvalue weighted by Gasteiger charge is 2.38. The van der Waals surface area contributed by atoms with Gasteiger partial charge in [0.2, 0.25) is 11.8 Å². The average molecular weight is 244 g/mol. The minimum Gasteiger partial charge on any atom is -0.345 e. The molecule has 0 aromatic heterocycles. The predicted molar refractivity (Wildman–Crippen MR) is 66.6 cm³/mol. The summed E-state index contributed by atoms with van der Waals surface area (Å²) < 4.78 is 0. The fourth-order valence-electron chi connectivity index (χ4n) is 2.40. The fourth-order valence-corrected chi connectivity index (χ4v) is 2.40. The quantitative estimate of drug-likeness (QED) is 0.865. The van der Waals surface area contributed by atoms with Crippen molar-refractivity contribution in [3.05, 3.63) is 35.9 Å². The molecule has 1 saturated heterocycles. The Morgan fingerprint density at radius 1 is 1.17 bits per heavy atom.